The van der Waals surface area contributed by atoms with Gasteiger partial charge in [-0.15, -0.1) is 0 Å². The molecular weight excluding hydrogens is 216 g/mol. The van der Waals surface area contributed by atoms with Crippen LogP contribution in [0, 0.1) is 0 Å². The van der Waals surface area contributed by atoms with E-state index in [9.17, 15) is 0 Å². The number of nitrogens with two attached hydrogens (primary N) is 1. The van der Waals surface area contributed by atoms with Gasteiger partial charge >= 0.3 is 0 Å². The normalized spacial score (nSPS) is 13.5. The molecule has 0 aliphatic heterocycles. The molecule has 2 N–H and O–H groups in total. The van der Waals surface area contributed by atoms with Crippen molar-refractivity contribution in [2.24, 2.45) is 5.73 Å². The molecule has 0 saturated carbocycles. The largest absolute Gasteiger partial charge is 0.490 e. The Labute approximate surface area is 103 Å². The van der Waals surface area contributed by atoms with Gasteiger partial charge in [0.05, 0.1) is 24.1 Å². The van der Waals surface area contributed by atoms with Gasteiger partial charge < -0.3 is 15.2 Å². The second-order valence-corrected chi connectivity index (χ2v) is 5.02. The maximum absolute atomic E-state index is 5.71. The van der Waals surface area contributed by atoms with Gasteiger partial charge in [-0.3, -0.25) is 4.98 Å². The first-order chi connectivity index (χ1) is 7.88. The number of rotatable bonds is 5. The average Bonchev–Trinajstić information content (AvgIpc) is 2.24. The Balaban J connectivity index is 2.33. The van der Waals surface area contributed by atoms with Gasteiger partial charge in [0.15, 0.2) is 0 Å². The molecule has 4 heteroatoms. The average molecular weight is 238 g/mol. The smallest absolute Gasteiger partial charge is 0.137 e. The standard InChI is InChI=1S/C13H22N2O2/c1-10(14)12-6-5-11(9-15-12)16-7-8-17-13(2,3)4/h5-6,9-10H,7-8,14H2,1-4H3/t10-/m0/s1. The van der Waals surface area contributed by atoms with Gasteiger partial charge in [-0.25, -0.2) is 0 Å². The molecule has 0 fully saturated rings. The van der Waals surface area contributed by atoms with Crippen molar-refractivity contribution >= 4 is 0 Å². The van der Waals surface area contributed by atoms with Crippen LogP contribution < -0.4 is 10.5 Å². The van der Waals surface area contributed by atoms with Crippen molar-refractivity contribution in [2.75, 3.05) is 13.2 Å². The molecule has 0 aromatic carbocycles. The van der Waals surface area contributed by atoms with E-state index in [0.29, 0.717) is 13.2 Å². The third-order valence-electron chi connectivity index (χ3n) is 2.11. The Morgan fingerprint density at radius 3 is 2.47 bits per heavy atom. The molecule has 0 bridgehead atoms. The highest BCUT2D eigenvalue weighted by Crippen LogP contribution is 2.13. The number of aromatic nitrogens is 1. The summed E-state index contributed by atoms with van der Waals surface area (Å²) in [5.41, 5.74) is 6.45. The van der Waals surface area contributed by atoms with E-state index in [4.69, 9.17) is 15.2 Å². The van der Waals surface area contributed by atoms with E-state index < -0.39 is 0 Å². The first-order valence-corrected chi connectivity index (χ1v) is 5.87. The fourth-order valence-electron chi connectivity index (χ4n) is 1.25. The van der Waals surface area contributed by atoms with Crippen LogP contribution in [0.5, 0.6) is 5.75 Å². The zero-order valence-corrected chi connectivity index (χ0v) is 11.1. The zero-order chi connectivity index (χ0) is 12.9. The Kier molecular flexibility index (Phi) is 4.90. The molecule has 0 saturated heterocycles. The molecule has 0 aliphatic carbocycles. The van der Waals surface area contributed by atoms with Crippen molar-refractivity contribution < 1.29 is 9.47 Å². The predicted octanol–water partition coefficient (Wildman–Crippen LogP) is 2.30. The lowest BCUT2D eigenvalue weighted by atomic mass is 10.2. The van der Waals surface area contributed by atoms with E-state index >= 15 is 0 Å². The molecule has 1 heterocycles. The summed E-state index contributed by atoms with van der Waals surface area (Å²) in [6.45, 7) is 9.05. The van der Waals surface area contributed by atoms with Crippen LogP contribution in [0.4, 0.5) is 0 Å². The third kappa shape index (κ3) is 5.65. The molecule has 17 heavy (non-hydrogen) atoms. The van der Waals surface area contributed by atoms with Gasteiger partial charge in [-0.2, -0.15) is 0 Å². The van der Waals surface area contributed by atoms with Crippen LogP contribution in [-0.4, -0.2) is 23.8 Å². The topological polar surface area (TPSA) is 57.4 Å². The summed E-state index contributed by atoms with van der Waals surface area (Å²) in [5.74, 6) is 0.743. The van der Waals surface area contributed by atoms with E-state index in [0.717, 1.165) is 11.4 Å². The highest BCUT2D eigenvalue weighted by molar-refractivity contribution is 5.21. The Morgan fingerprint density at radius 2 is 2.00 bits per heavy atom. The second-order valence-electron chi connectivity index (χ2n) is 5.02. The summed E-state index contributed by atoms with van der Waals surface area (Å²) in [6.07, 6.45) is 1.69. The van der Waals surface area contributed by atoms with Crippen LogP contribution in [-0.2, 0) is 4.74 Å². The van der Waals surface area contributed by atoms with Crippen molar-refractivity contribution in [2.45, 2.75) is 39.3 Å². The third-order valence-corrected chi connectivity index (χ3v) is 2.11. The first-order valence-electron chi connectivity index (χ1n) is 5.87. The van der Waals surface area contributed by atoms with Gasteiger partial charge in [0.1, 0.15) is 12.4 Å². The van der Waals surface area contributed by atoms with Crippen molar-refractivity contribution in [1.82, 2.24) is 4.98 Å². The van der Waals surface area contributed by atoms with Crippen LogP contribution in [0.15, 0.2) is 18.3 Å². The van der Waals surface area contributed by atoms with Gasteiger partial charge in [0.25, 0.3) is 0 Å². The molecule has 96 valence electrons. The Hall–Kier alpha value is -1.13. The van der Waals surface area contributed by atoms with E-state index in [1.807, 2.05) is 39.8 Å². The monoisotopic (exact) mass is 238 g/mol. The maximum atomic E-state index is 5.71. The molecule has 0 amide bonds. The number of ether oxygens (including phenoxy) is 2. The van der Waals surface area contributed by atoms with Crippen molar-refractivity contribution in [1.29, 1.82) is 0 Å². The Bertz CT molecular complexity index is 328. The molecule has 1 rings (SSSR count). The number of nitrogens with zero attached hydrogens (tertiary/aromatic N) is 1. The van der Waals surface area contributed by atoms with Crippen molar-refractivity contribution in [3.8, 4) is 5.75 Å². The molecule has 1 aromatic rings. The van der Waals surface area contributed by atoms with Gasteiger partial charge in [-0.05, 0) is 39.8 Å². The minimum absolute atomic E-state index is 0.0479. The molecular formula is C13H22N2O2. The van der Waals surface area contributed by atoms with Gasteiger partial charge in [-0.1, -0.05) is 0 Å². The summed E-state index contributed by atoms with van der Waals surface area (Å²) in [7, 11) is 0. The van der Waals surface area contributed by atoms with E-state index in [2.05, 4.69) is 4.98 Å². The molecule has 1 aromatic heterocycles. The summed E-state index contributed by atoms with van der Waals surface area (Å²) in [4.78, 5) is 4.21. The maximum Gasteiger partial charge on any atom is 0.137 e. The van der Waals surface area contributed by atoms with Gasteiger partial charge in [0, 0.05) is 6.04 Å². The molecule has 4 nitrogen and oxygen atoms in total. The van der Waals surface area contributed by atoms with Crippen LogP contribution >= 0.6 is 0 Å². The zero-order valence-electron chi connectivity index (χ0n) is 11.1. The molecule has 0 aliphatic rings. The van der Waals surface area contributed by atoms with E-state index in [-0.39, 0.29) is 11.6 Å². The second kappa shape index (κ2) is 5.98. The lowest BCUT2D eigenvalue weighted by molar-refractivity contribution is -0.0163. The molecule has 0 radical (unpaired) electrons. The van der Waals surface area contributed by atoms with E-state index in [1.165, 1.54) is 0 Å². The quantitative estimate of drug-likeness (QED) is 0.800. The highest BCUT2D eigenvalue weighted by atomic mass is 16.5. The van der Waals surface area contributed by atoms with Crippen LogP contribution in [0.2, 0.25) is 0 Å². The van der Waals surface area contributed by atoms with Crippen LogP contribution in [0.3, 0.4) is 0 Å². The molecule has 1 atom stereocenters. The fourth-order valence-corrected chi connectivity index (χ4v) is 1.25. The summed E-state index contributed by atoms with van der Waals surface area (Å²) < 4.78 is 11.1. The fraction of sp³-hybridized carbons (Fsp3) is 0.615. The van der Waals surface area contributed by atoms with Crippen LogP contribution in [0.25, 0.3) is 0 Å². The Morgan fingerprint density at radius 1 is 1.29 bits per heavy atom. The number of pyridine rings is 1. The number of hydrogen-bond acceptors (Lipinski definition) is 4. The predicted molar refractivity (Wildman–Crippen MR) is 68.0 cm³/mol. The van der Waals surface area contributed by atoms with Crippen molar-refractivity contribution in [3.05, 3.63) is 24.0 Å². The highest BCUT2D eigenvalue weighted by Gasteiger charge is 2.09. The SMILES string of the molecule is C[C@H](N)c1ccc(OCCOC(C)(C)C)cn1. The lowest BCUT2D eigenvalue weighted by Crippen LogP contribution is -2.22. The summed E-state index contributed by atoms with van der Waals surface area (Å²) in [5, 5.41) is 0. The summed E-state index contributed by atoms with van der Waals surface area (Å²) >= 11 is 0. The van der Waals surface area contributed by atoms with Gasteiger partial charge in [0.2, 0.25) is 0 Å². The first kappa shape index (κ1) is 13.9. The number of hydrogen-bond donors (Lipinski definition) is 1. The van der Waals surface area contributed by atoms with Crippen LogP contribution in [0.1, 0.15) is 39.4 Å². The summed E-state index contributed by atoms with van der Waals surface area (Å²) in [6, 6.07) is 3.71. The molecule has 0 spiro atoms. The van der Waals surface area contributed by atoms with Crippen molar-refractivity contribution in [3.63, 3.8) is 0 Å². The van der Waals surface area contributed by atoms with E-state index in [1.54, 1.807) is 6.20 Å². The molecule has 0 unspecified atom stereocenters. The lowest BCUT2D eigenvalue weighted by Gasteiger charge is -2.19. The minimum atomic E-state index is -0.125. The minimum Gasteiger partial charge on any atom is -0.490 e.